The van der Waals surface area contributed by atoms with Crippen LogP contribution in [0, 0.1) is 6.92 Å². The highest BCUT2D eigenvalue weighted by Gasteiger charge is 2.03. The van der Waals surface area contributed by atoms with Crippen LogP contribution in [0.2, 0.25) is 0 Å². The maximum absolute atomic E-state index is 11.1. The molecule has 0 saturated heterocycles. The van der Waals surface area contributed by atoms with E-state index in [0.29, 0.717) is 13.0 Å². The van der Waals surface area contributed by atoms with Gasteiger partial charge < -0.3 is 20.5 Å². The van der Waals surface area contributed by atoms with Gasteiger partial charge in [0.2, 0.25) is 5.91 Å². The number of hydrogen-bond acceptors (Lipinski definition) is 8. The molecule has 36 heavy (non-hydrogen) atoms. The minimum Gasteiger partial charge on any atom is -0.480 e. The summed E-state index contributed by atoms with van der Waals surface area (Å²) < 4.78 is 6.48. The number of benzene rings is 2. The first kappa shape index (κ1) is 35.8. The predicted molar refractivity (Wildman–Crippen MR) is 155 cm³/mol. The Labute approximate surface area is 225 Å². The Morgan fingerprint density at radius 3 is 2.14 bits per heavy atom. The van der Waals surface area contributed by atoms with Gasteiger partial charge in [0.25, 0.3) is 0 Å². The van der Waals surface area contributed by atoms with Gasteiger partial charge in [-0.05, 0) is 54.3 Å². The minimum atomic E-state index is -0.822. The van der Waals surface area contributed by atoms with E-state index in [1.54, 1.807) is 7.05 Å². The van der Waals surface area contributed by atoms with E-state index in [-0.39, 0.29) is 12.5 Å². The van der Waals surface area contributed by atoms with Gasteiger partial charge in [-0.3, -0.25) is 9.59 Å². The Kier molecular flexibility index (Phi) is 25.6. The van der Waals surface area contributed by atoms with Crippen LogP contribution in [0.5, 0.6) is 0 Å². The number of likely N-dealkylation sites (N-methyl/N-ethyl adjacent to an activating group) is 1. The zero-order chi connectivity index (χ0) is 27.6. The highest BCUT2D eigenvalue weighted by atomic mass is 32.2. The summed E-state index contributed by atoms with van der Waals surface area (Å²) >= 11 is 3.32. The van der Waals surface area contributed by atoms with Crippen LogP contribution in [0.3, 0.4) is 0 Å². The number of amides is 1. The minimum absolute atomic E-state index is 0.0417. The average molecular weight is 539 g/mol. The Morgan fingerprint density at radius 1 is 1.00 bits per heavy atom. The number of carbonyl (C=O) groups is 3. The molecule has 8 nitrogen and oxygen atoms in total. The Bertz CT molecular complexity index is 825. The molecule has 5 N–H and O–H groups in total. The molecule has 0 aliphatic carbocycles. The summed E-state index contributed by atoms with van der Waals surface area (Å²) in [5.41, 5.74) is 5.04. The molecule has 0 bridgehead atoms. The van der Waals surface area contributed by atoms with Crippen molar-refractivity contribution in [3.63, 3.8) is 0 Å². The normalized spacial score (nSPS) is 9.36. The third-order valence-electron chi connectivity index (χ3n) is 4.29. The van der Waals surface area contributed by atoms with Crippen molar-refractivity contribution in [3.05, 3.63) is 59.7 Å². The smallest absolute Gasteiger partial charge is 0.317 e. The first-order chi connectivity index (χ1) is 17.4. The standard InChI is InChI=1S/C19H25N3OS.C3H7NO2.C3H8S.CH2O/c1-3-19(23)20-11-12-21-24-22-14-16-10-9-15(2)18(13-16)17-7-5-4-6-8-17;1-4-2-3(5)6;1-3-4-2;1-2/h4-10,13,21-22H,3,11-12,14H2,1-2H3,(H,20,23);4H,2H2,1H3,(H,5,6);3H2,1-2H3;1H2. The highest BCUT2D eigenvalue weighted by Crippen LogP contribution is 2.24. The maximum atomic E-state index is 11.1. The number of nitrogens with one attached hydrogen (secondary N) is 4. The van der Waals surface area contributed by atoms with Crippen LogP contribution in [0.4, 0.5) is 0 Å². The molecule has 2 aromatic carbocycles. The van der Waals surface area contributed by atoms with Gasteiger partial charge in [-0.1, -0.05) is 56.3 Å². The van der Waals surface area contributed by atoms with Crippen molar-refractivity contribution < 1.29 is 19.5 Å². The Hall–Kier alpha value is -2.37. The van der Waals surface area contributed by atoms with Crippen LogP contribution in [-0.4, -0.2) is 62.5 Å². The lowest BCUT2D eigenvalue weighted by atomic mass is 9.98. The van der Waals surface area contributed by atoms with E-state index in [0.717, 1.165) is 13.1 Å². The lowest BCUT2D eigenvalue weighted by molar-refractivity contribution is -0.135. The number of aryl methyl sites for hydroxylation is 1. The Balaban J connectivity index is 0. The molecule has 0 heterocycles. The second-order valence-corrected chi connectivity index (χ2v) is 8.97. The van der Waals surface area contributed by atoms with Gasteiger partial charge in [0, 0.05) is 38.2 Å². The fraction of sp³-hybridized carbons (Fsp3) is 0.423. The van der Waals surface area contributed by atoms with Crippen LogP contribution in [0.1, 0.15) is 31.4 Å². The molecule has 0 fully saturated rings. The molecular formula is C26H42N4O4S2. The van der Waals surface area contributed by atoms with Crippen LogP contribution in [-0.2, 0) is 20.9 Å². The highest BCUT2D eigenvalue weighted by molar-refractivity contribution is 7.98. The second-order valence-electron chi connectivity index (χ2n) is 7.04. The first-order valence-electron chi connectivity index (χ1n) is 11.6. The quantitative estimate of drug-likeness (QED) is 0.202. The number of carboxylic acid groups (broad SMARTS) is 1. The molecule has 0 aliphatic rings. The van der Waals surface area contributed by atoms with E-state index in [1.165, 1.54) is 40.1 Å². The molecule has 2 rings (SSSR count). The molecular weight excluding hydrogens is 496 g/mol. The average Bonchev–Trinajstić information content (AvgIpc) is 2.91. The van der Waals surface area contributed by atoms with Crippen molar-refractivity contribution in [2.45, 2.75) is 33.7 Å². The van der Waals surface area contributed by atoms with Crippen molar-refractivity contribution in [2.24, 2.45) is 0 Å². The summed E-state index contributed by atoms with van der Waals surface area (Å²) in [4.78, 5) is 28.6. The van der Waals surface area contributed by atoms with Gasteiger partial charge in [0.1, 0.15) is 6.79 Å². The fourth-order valence-electron chi connectivity index (χ4n) is 2.46. The molecule has 0 saturated carbocycles. The largest absolute Gasteiger partial charge is 0.480 e. The third-order valence-corrected chi connectivity index (χ3v) is 5.51. The van der Waals surface area contributed by atoms with E-state index >= 15 is 0 Å². The molecule has 0 atom stereocenters. The van der Waals surface area contributed by atoms with E-state index in [1.807, 2.05) is 31.5 Å². The van der Waals surface area contributed by atoms with Crippen molar-refractivity contribution in [3.8, 4) is 11.1 Å². The SMILES string of the molecule is C=O.CCC(=O)NCCNSNCc1ccc(C)c(-c2ccccc2)c1.CCSC.CNCC(=O)O. The number of carboxylic acids is 1. The van der Waals surface area contributed by atoms with Crippen molar-refractivity contribution in [2.75, 3.05) is 38.7 Å². The lowest BCUT2D eigenvalue weighted by Crippen LogP contribution is -2.30. The fourth-order valence-corrected chi connectivity index (χ4v) is 3.00. The second kappa shape index (κ2) is 25.7. The summed E-state index contributed by atoms with van der Waals surface area (Å²) in [5.74, 6) is 0.500. The molecule has 2 aromatic rings. The van der Waals surface area contributed by atoms with Crippen molar-refractivity contribution >= 4 is 42.6 Å². The first-order valence-corrected chi connectivity index (χ1v) is 13.8. The number of rotatable bonds is 12. The zero-order valence-corrected chi connectivity index (χ0v) is 23.7. The van der Waals surface area contributed by atoms with Crippen LogP contribution >= 0.6 is 23.9 Å². The monoisotopic (exact) mass is 538 g/mol. The molecule has 0 spiro atoms. The molecule has 0 radical (unpaired) electrons. The molecule has 202 valence electrons. The zero-order valence-electron chi connectivity index (χ0n) is 22.1. The van der Waals surface area contributed by atoms with E-state index in [2.05, 4.69) is 82.6 Å². The maximum Gasteiger partial charge on any atom is 0.317 e. The van der Waals surface area contributed by atoms with Crippen LogP contribution in [0.15, 0.2) is 48.5 Å². The van der Waals surface area contributed by atoms with Crippen LogP contribution in [0.25, 0.3) is 11.1 Å². The van der Waals surface area contributed by atoms with Gasteiger partial charge >= 0.3 is 5.97 Å². The van der Waals surface area contributed by atoms with E-state index in [9.17, 15) is 9.59 Å². The summed E-state index contributed by atoms with van der Waals surface area (Å²) in [5, 5.41) is 13.1. The summed E-state index contributed by atoms with van der Waals surface area (Å²) in [6, 6.07) is 17.0. The molecule has 1 amide bonds. The molecule has 0 unspecified atom stereocenters. The number of hydrogen-bond donors (Lipinski definition) is 5. The lowest BCUT2D eigenvalue weighted by Gasteiger charge is -2.10. The number of carbonyl (C=O) groups excluding carboxylic acids is 2. The van der Waals surface area contributed by atoms with Gasteiger partial charge in [-0.2, -0.15) is 11.8 Å². The van der Waals surface area contributed by atoms with E-state index in [4.69, 9.17) is 9.90 Å². The predicted octanol–water partition coefficient (Wildman–Crippen LogP) is 3.91. The summed E-state index contributed by atoms with van der Waals surface area (Å²) in [7, 11) is 1.59. The summed E-state index contributed by atoms with van der Waals surface area (Å²) in [6.45, 7) is 10.3. The van der Waals surface area contributed by atoms with Gasteiger partial charge in [0.05, 0.1) is 6.54 Å². The summed E-state index contributed by atoms with van der Waals surface area (Å²) in [6.07, 6.45) is 2.63. The molecule has 10 heteroatoms. The van der Waals surface area contributed by atoms with Gasteiger partial charge in [-0.25, -0.2) is 9.44 Å². The number of aliphatic carboxylic acids is 1. The van der Waals surface area contributed by atoms with Gasteiger partial charge in [0.15, 0.2) is 0 Å². The molecule has 0 aliphatic heterocycles. The Morgan fingerprint density at radius 2 is 1.64 bits per heavy atom. The van der Waals surface area contributed by atoms with E-state index < -0.39 is 5.97 Å². The molecule has 0 aromatic heterocycles. The van der Waals surface area contributed by atoms with Crippen LogP contribution < -0.4 is 20.1 Å². The topological polar surface area (TPSA) is 120 Å². The van der Waals surface area contributed by atoms with Crippen molar-refractivity contribution in [1.29, 1.82) is 0 Å². The van der Waals surface area contributed by atoms with Gasteiger partial charge in [-0.15, -0.1) is 0 Å². The number of thioether (sulfide) groups is 1. The third kappa shape index (κ3) is 19.9. The van der Waals surface area contributed by atoms with Crippen molar-refractivity contribution in [1.82, 2.24) is 20.1 Å².